The highest BCUT2D eigenvalue weighted by molar-refractivity contribution is 6.44. The van der Waals surface area contributed by atoms with Gasteiger partial charge in [-0.15, -0.1) is 0 Å². The van der Waals surface area contributed by atoms with Crippen molar-refractivity contribution in [1.82, 2.24) is 19.8 Å². The van der Waals surface area contributed by atoms with Crippen LogP contribution in [0.25, 0.3) is 43.1 Å². The topological polar surface area (TPSA) is 243 Å². The average Bonchev–Trinajstić information content (AvgIpc) is 0.674. The lowest BCUT2D eigenvalue weighted by atomic mass is 9.81. The number of benzene rings is 9. The van der Waals surface area contributed by atoms with E-state index in [-0.39, 0.29) is 158 Å². The van der Waals surface area contributed by atoms with Crippen molar-refractivity contribution in [3.05, 3.63) is 228 Å². The number of amides is 3. The Morgan fingerprint density at radius 1 is 0.425 bits per heavy atom. The number of hydrogen-bond donors (Lipinski definition) is 0. The van der Waals surface area contributed by atoms with Crippen LogP contribution in [0.3, 0.4) is 0 Å². The number of pyridine rings is 2. The number of rotatable bonds is 24. The Bertz CT molecular complexity index is 5490. The smallest absolute Gasteiger partial charge is 0.336 e. The van der Waals surface area contributed by atoms with Crippen molar-refractivity contribution in [3.63, 3.8) is 0 Å². The lowest BCUT2D eigenvalue weighted by molar-refractivity contribution is -0.140. The van der Waals surface area contributed by atoms with Gasteiger partial charge in [0.1, 0.15) is 69.6 Å². The normalized spacial score (nSPS) is 13.1. The van der Waals surface area contributed by atoms with Gasteiger partial charge in [0.25, 0.3) is 17.7 Å². The average molecular weight is 1520 g/mol. The summed E-state index contributed by atoms with van der Waals surface area (Å²) < 4.78 is 52.0. The third kappa shape index (κ3) is 16.7. The molecule has 0 saturated carbocycles. The number of hydrogen-bond acceptors (Lipinski definition) is 18. The first-order valence-electron chi connectivity index (χ1n) is 37.5. The third-order valence-corrected chi connectivity index (χ3v) is 19.9. The van der Waals surface area contributed by atoms with Crippen molar-refractivity contribution in [1.29, 1.82) is 0 Å². The minimum absolute atomic E-state index is 0.000101. The summed E-state index contributed by atoms with van der Waals surface area (Å²) in [6.45, 7) is 39.3. The Hall–Kier alpha value is -12.6. The van der Waals surface area contributed by atoms with E-state index in [9.17, 15) is 14.4 Å². The van der Waals surface area contributed by atoms with Crippen LogP contribution in [0.2, 0.25) is 0 Å². The highest BCUT2D eigenvalue weighted by atomic mass is 16.6. The molecule has 3 heterocycles. The second-order valence-electron chi connectivity index (χ2n) is 33.3. The Balaban J connectivity index is 1.24. The predicted molar refractivity (Wildman–Crippen MR) is 434 cm³/mol. The van der Waals surface area contributed by atoms with Gasteiger partial charge < -0.3 is 42.8 Å². The van der Waals surface area contributed by atoms with Crippen molar-refractivity contribution in [3.8, 4) is 69.3 Å². The maximum Gasteiger partial charge on any atom is 0.336 e. The molecule has 0 spiro atoms. The lowest BCUT2D eigenvalue weighted by Gasteiger charge is -2.34. The zero-order valence-electron chi connectivity index (χ0n) is 66.7. The van der Waals surface area contributed by atoms with Gasteiger partial charge in [0, 0.05) is 92.4 Å². The van der Waals surface area contributed by atoms with E-state index in [0.717, 1.165) is 39.3 Å². The van der Waals surface area contributed by atoms with Gasteiger partial charge in [-0.2, -0.15) is 0 Å². The number of nitrogens with zero attached hydrogens (tertiary/aromatic N) is 4. The van der Waals surface area contributed by atoms with Crippen LogP contribution >= 0.6 is 0 Å². The zero-order valence-corrected chi connectivity index (χ0v) is 66.7. The molecule has 20 nitrogen and oxygen atoms in total. The van der Waals surface area contributed by atoms with Crippen LogP contribution in [0, 0.1) is 11.8 Å². The Labute approximate surface area is 656 Å². The summed E-state index contributed by atoms with van der Waals surface area (Å²) in [4.78, 5) is 130. The van der Waals surface area contributed by atoms with E-state index in [1.807, 2.05) is 88.4 Å². The second-order valence-corrected chi connectivity index (χ2v) is 33.3. The second kappa shape index (κ2) is 31.3. The van der Waals surface area contributed by atoms with Crippen LogP contribution in [-0.4, -0.2) is 86.8 Å². The van der Waals surface area contributed by atoms with E-state index in [0.29, 0.717) is 29.3 Å². The fraction of sp³-hybridized carbons (Fsp3) is 0.290. The molecule has 0 aliphatic carbocycles. The molecular weight excluding hydrogens is 1430 g/mol. The summed E-state index contributed by atoms with van der Waals surface area (Å²) in [5, 5.41) is 1.32. The van der Waals surface area contributed by atoms with Gasteiger partial charge >= 0.3 is 23.9 Å². The summed E-state index contributed by atoms with van der Waals surface area (Å²) in [6, 6.07) is 38.2. The van der Waals surface area contributed by atoms with E-state index in [4.69, 9.17) is 37.9 Å². The monoisotopic (exact) mass is 1520 g/mol. The molecule has 11 aromatic rings. The minimum Gasteiger partial charge on any atom is -0.457 e. The number of esters is 4. The number of carbonyl (C=O) groups excluding carboxylic acids is 8. The van der Waals surface area contributed by atoms with Crippen molar-refractivity contribution in [2.45, 2.75) is 157 Å². The summed E-state index contributed by atoms with van der Waals surface area (Å²) in [5.41, 5.74) is 2.26. The molecule has 1 aliphatic rings. The number of likely N-dealkylation sites (N-methyl/N-ethyl adjacent to an activating group) is 1. The molecule has 20 heteroatoms. The first kappa shape index (κ1) is 80.0. The summed E-state index contributed by atoms with van der Waals surface area (Å²) in [7, 11) is 1.45. The molecule has 3 amide bonds. The summed E-state index contributed by atoms with van der Waals surface area (Å²) in [5.74, 6) is -6.01. The van der Waals surface area contributed by atoms with Crippen LogP contribution < -0.4 is 37.9 Å². The fourth-order valence-electron chi connectivity index (χ4n) is 14.0. The Morgan fingerprint density at radius 2 is 0.770 bits per heavy atom. The lowest BCUT2D eigenvalue weighted by Crippen LogP contribution is -2.52. The molecule has 0 saturated heterocycles. The van der Waals surface area contributed by atoms with Gasteiger partial charge in [0.2, 0.25) is 11.8 Å². The van der Waals surface area contributed by atoms with E-state index >= 15 is 24.0 Å². The van der Waals surface area contributed by atoms with Crippen LogP contribution in [0.15, 0.2) is 183 Å². The molecule has 2 unspecified atom stereocenters. The maximum atomic E-state index is 16.7. The van der Waals surface area contributed by atoms with Crippen molar-refractivity contribution in [2.24, 2.45) is 11.8 Å². The number of fused-ring (bicyclic) bond motifs is 2. The van der Waals surface area contributed by atoms with E-state index in [2.05, 4.69) is 106 Å². The molecule has 113 heavy (non-hydrogen) atoms. The fourth-order valence-corrected chi connectivity index (χ4v) is 14.0. The van der Waals surface area contributed by atoms with Crippen LogP contribution in [-0.2, 0) is 40.8 Å². The minimum atomic E-state index is -1.63. The van der Waals surface area contributed by atoms with Crippen LogP contribution in [0.5, 0.6) is 69.3 Å². The van der Waals surface area contributed by atoms with E-state index < -0.39 is 53.7 Å². The molecule has 9 aromatic carbocycles. The van der Waals surface area contributed by atoms with Crippen LogP contribution in [0.1, 0.15) is 187 Å². The Kier molecular flexibility index (Phi) is 22.1. The molecule has 1 aliphatic heterocycles. The van der Waals surface area contributed by atoms with Gasteiger partial charge in [0.05, 0.1) is 16.7 Å². The molecule has 580 valence electrons. The molecule has 12 rings (SSSR count). The van der Waals surface area contributed by atoms with E-state index in [1.54, 1.807) is 36.4 Å². The Morgan fingerprint density at radius 3 is 1.12 bits per heavy atom. The maximum absolute atomic E-state index is 16.7. The molecule has 2 aromatic heterocycles. The first-order valence-corrected chi connectivity index (χ1v) is 37.5. The highest BCUT2D eigenvalue weighted by Crippen LogP contribution is 2.58. The van der Waals surface area contributed by atoms with Crippen molar-refractivity contribution < 1.29 is 76.3 Å². The van der Waals surface area contributed by atoms with Crippen molar-refractivity contribution in [2.75, 3.05) is 7.05 Å². The number of ether oxygens (including phenoxy) is 8. The quantitative estimate of drug-likeness (QED) is 0.0136. The van der Waals surface area contributed by atoms with Crippen molar-refractivity contribution >= 4 is 91.0 Å². The highest BCUT2D eigenvalue weighted by Gasteiger charge is 2.45. The number of carbonyl (C=O) groups is 8. The van der Waals surface area contributed by atoms with Crippen LogP contribution in [0.4, 0.5) is 0 Å². The van der Waals surface area contributed by atoms with Gasteiger partial charge in [-0.3, -0.25) is 24.1 Å². The van der Waals surface area contributed by atoms with Gasteiger partial charge in [0.15, 0.2) is 6.29 Å². The zero-order chi connectivity index (χ0) is 81.7. The molecule has 0 radical (unpaired) electrons. The molecular formula is C93H92N4O16. The summed E-state index contributed by atoms with van der Waals surface area (Å²) in [6.07, 6.45) is 5.06. The molecule has 0 bridgehead atoms. The predicted octanol–water partition coefficient (Wildman–Crippen LogP) is 20.6. The molecule has 2 atom stereocenters. The summed E-state index contributed by atoms with van der Waals surface area (Å²) >= 11 is 0. The number of imide groups is 1. The SMILES string of the molecule is C=CC(=O)Oc1ccnc(OC(=O)C(CC(C)C)N(C)C(=O)c2cc(Oc3ccc(C(C)(C)C)cc3)c3c4c(Oc5ccc(C(C)(C)C)cc5)cc5c6c(cc(Oc7ccc(C(C)(C)C)cc7)c(c7c(Oc8ccc(C(C)(C)C)cc8)cc(C=O)c2c73)c64)C(=O)N(C(CC(C)C)C(=O)Oc2cc(OC(=O)C=C)ccn2)C5=O)c1. The third-order valence-electron chi connectivity index (χ3n) is 19.9. The first-order chi connectivity index (χ1) is 53.3. The van der Waals surface area contributed by atoms with Gasteiger partial charge in [-0.1, -0.05) is 172 Å². The van der Waals surface area contributed by atoms with Gasteiger partial charge in [-0.25, -0.2) is 29.1 Å². The standard InChI is InChI=1S/C93H92N4O16/c1-20-75(99)110-62-38-40-94-73(45-62)112-88(104)67(42-51(3)4)96(19)85(101)64-47-70(107-59-32-24-55(25-33-59)91(10,11)12)80-82-72(109-61-36-28-57(29-37-61)93(16,17)18)49-66-78-65(86(102)97(87(66)103)68(43-52(5)6)89(105)113-74-46-63(39-41-95-74)111-76(100)21-2)48-71(108-60-34-26-56(27-35-60)92(13,14)15)81(84(78)82)79-69(44-53(50-98)77(64)83(79)80)106-58-30-22-54(23-31-58)90(7,8)9/h20-41,44-52,67-68H,1-2,42-43H2,3-19H3. The molecule has 0 fully saturated rings. The number of aromatic nitrogens is 2. The largest absolute Gasteiger partial charge is 0.457 e. The number of aldehydes is 1. The van der Waals surface area contributed by atoms with Gasteiger partial charge in [-0.05, 0) is 154 Å². The molecule has 0 N–H and O–H groups in total. The van der Waals surface area contributed by atoms with E-state index in [1.165, 1.54) is 72.9 Å².